The molecule has 3 aliphatic rings. The van der Waals surface area contributed by atoms with Gasteiger partial charge in [-0.05, 0) is 46.5 Å². The lowest BCUT2D eigenvalue weighted by atomic mass is 9.85. The van der Waals surface area contributed by atoms with Crippen molar-refractivity contribution in [1.29, 1.82) is 0 Å². The fourth-order valence-corrected chi connectivity index (χ4v) is 5.14. The highest BCUT2D eigenvalue weighted by Gasteiger charge is 2.38. The number of ether oxygens (including phenoxy) is 3. The summed E-state index contributed by atoms with van der Waals surface area (Å²) in [5.74, 6) is 0.961. The van der Waals surface area contributed by atoms with Crippen molar-refractivity contribution in [2.24, 2.45) is 5.92 Å². The van der Waals surface area contributed by atoms with E-state index < -0.39 is 29.3 Å². The van der Waals surface area contributed by atoms with Crippen molar-refractivity contribution in [3.63, 3.8) is 0 Å². The van der Waals surface area contributed by atoms with Gasteiger partial charge < -0.3 is 24.1 Å². The number of carbonyl (C=O) groups is 1. The molecule has 2 aromatic heterocycles. The molecule has 0 unspecified atom stereocenters. The molecule has 1 saturated carbocycles. The smallest absolute Gasteiger partial charge is 0.423 e. The number of aromatic nitrogens is 5. The Morgan fingerprint density at radius 2 is 1.95 bits per heavy atom. The first-order chi connectivity index (χ1) is 18.0. The first kappa shape index (κ1) is 26.6. The zero-order chi connectivity index (χ0) is 27.1. The lowest BCUT2D eigenvalue weighted by Gasteiger charge is -2.31. The van der Waals surface area contributed by atoms with Crippen molar-refractivity contribution in [3.05, 3.63) is 23.4 Å². The van der Waals surface area contributed by atoms with Gasteiger partial charge in [-0.3, -0.25) is 4.79 Å². The van der Waals surface area contributed by atoms with Crippen LogP contribution in [0.15, 0.2) is 6.20 Å². The van der Waals surface area contributed by atoms with Crippen LogP contribution in [0.3, 0.4) is 0 Å². The number of halogens is 3. The van der Waals surface area contributed by atoms with Crippen molar-refractivity contribution in [2.45, 2.75) is 95.7 Å². The summed E-state index contributed by atoms with van der Waals surface area (Å²) in [6.45, 7) is 6.67. The van der Waals surface area contributed by atoms with Crippen molar-refractivity contribution in [2.75, 3.05) is 18.5 Å². The second kappa shape index (κ2) is 10.3. The number of carbonyl (C=O) groups excluding carboxylic acids is 1. The molecule has 1 saturated heterocycles. The van der Waals surface area contributed by atoms with Crippen molar-refractivity contribution in [3.8, 4) is 5.88 Å². The monoisotopic (exact) mass is 538 g/mol. The van der Waals surface area contributed by atoms with Crippen LogP contribution in [0.5, 0.6) is 5.88 Å². The van der Waals surface area contributed by atoms with E-state index in [0.717, 1.165) is 37.1 Å². The number of esters is 1. The summed E-state index contributed by atoms with van der Waals surface area (Å²) in [6, 6.07) is -0.0450. The molecular weight excluding hydrogens is 505 g/mol. The molecule has 38 heavy (non-hydrogen) atoms. The van der Waals surface area contributed by atoms with Crippen LogP contribution in [0, 0.1) is 5.92 Å². The highest BCUT2D eigenvalue weighted by molar-refractivity contribution is 5.73. The molecule has 1 N–H and O–H groups in total. The van der Waals surface area contributed by atoms with Crippen LogP contribution in [-0.2, 0) is 33.4 Å². The van der Waals surface area contributed by atoms with Gasteiger partial charge in [0.25, 0.3) is 0 Å². The van der Waals surface area contributed by atoms with Gasteiger partial charge >= 0.3 is 12.1 Å². The van der Waals surface area contributed by atoms with Crippen LogP contribution in [0.4, 0.5) is 19.1 Å². The number of hydrogen-bond acceptors (Lipinski definition) is 9. The lowest BCUT2D eigenvalue weighted by molar-refractivity contribution is -0.160. The quantitative estimate of drug-likeness (QED) is 0.547. The average Bonchev–Trinajstić information content (AvgIpc) is 3.23. The SMILES string of the molecule is CC(C)(C)OC(=O)[C@H]1CCn2c(nnc2[C@H]2CCC[C@@H](Nc3ncc(C(F)(F)F)c(OC4COC4)n3)C2)C1. The molecule has 13 heteroatoms. The zero-order valence-corrected chi connectivity index (χ0v) is 21.8. The third-order valence-corrected chi connectivity index (χ3v) is 7.04. The third-order valence-electron chi connectivity index (χ3n) is 7.04. The molecule has 2 fully saturated rings. The Morgan fingerprint density at radius 3 is 2.63 bits per heavy atom. The molecule has 3 atom stereocenters. The zero-order valence-electron chi connectivity index (χ0n) is 21.8. The van der Waals surface area contributed by atoms with Crippen LogP contribution in [-0.4, -0.2) is 61.7 Å². The van der Waals surface area contributed by atoms with Crippen LogP contribution < -0.4 is 10.1 Å². The number of rotatable bonds is 6. The summed E-state index contributed by atoms with van der Waals surface area (Å²) in [7, 11) is 0. The summed E-state index contributed by atoms with van der Waals surface area (Å²) in [5, 5.41) is 12.1. The average molecular weight is 539 g/mol. The lowest BCUT2D eigenvalue weighted by Crippen LogP contribution is -2.39. The molecule has 0 radical (unpaired) electrons. The maximum absolute atomic E-state index is 13.4. The predicted molar refractivity (Wildman–Crippen MR) is 129 cm³/mol. The summed E-state index contributed by atoms with van der Waals surface area (Å²) in [5.41, 5.74) is -1.54. The minimum Gasteiger partial charge on any atom is -0.469 e. The third kappa shape index (κ3) is 6.02. The van der Waals surface area contributed by atoms with Gasteiger partial charge in [0.1, 0.15) is 28.9 Å². The van der Waals surface area contributed by atoms with E-state index in [1.807, 2.05) is 20.8 Å². The summed E-state index contributed by atoms with van der Waals surface area (Å²) >= 11 is 0. The Bertz CT molecular complexity index is 1160. The largest absolute Gasteiger partial charge is 0.469 e. The number of nitrogens with one attached hydrogen (secondary N) is 1. The van der Waals surface area contributed by atoms with Crippen molar-refractivity contribution >= 4 is 11.9 Å². The number of fused-ring (bicyclic) bond motifs is 1. The molecule has 2 aromatic rings. The molecule has 2 aliphatic heterocycles. The van der Waals surface area contributed by atoms with Gasteiger partial charge in [-0.15, -0.1) is 10.2 Å². The molecule has 10 nitrogen and oxygen atoms in total. The second-order valence-corrected chi connectivity index (χ2v) is 11.2. The first-order valence-corrected chi connectivity index (χ1v) is 13.1. The Kier molecular flexibility index (Phi) is 7.23. The summed E-state index contributed by atoms with van der Waals surface area (Å²) in [4.78, 5) is 20.5. The van der Waals surface area contributed by atoms with E-state index in [1.54, 1.807) is 0 Å². The van der Waals surface area contributed by atoms with Gasteiger partial charge in [0.05, 0.1) is 19.1 Å². The second-order valence-electron chi connectivity index (χ2n) is 11.2. The maximum Gasteiger partial charge on any atom is 0.423 e. The number of nitrogens with zero attached hydrogens (tertiary/aromatic N) is 5. The van der Waals surface area contributed by atoms with E-state index in [4.69, 9.17) is 14.2 Å². The normalized spacial score (nSPS) is 24.3. The van der Waals surface area contributed by atoms with Gasteiger partial charge in [0.15, 0.2) is 0 Å². The molecule has 0 bridgehead atoms. The topological polar surface area (TPSA) is 113 Å². The van der Waals surface area contributed by atoms with Crippen LogP contribution in [0.1, 0.15) is 76.0 Å². The molecule has 4 heterocycles. The van der Waals surface area contributed by atoms with Crippen molar-refractivity contribution < 1.29 is 32.2 Å². The Hall–Kier alpha value is -2.96. The van der Waals surface area contributed by atoms with E-state index in [0.29, 0.717) is 25.8 Å². The van der Waals surface area contributed by atoms with E-state index in [2.05, 4.69) is 30.0 Å². The fourth-order valence-electron chi connectivity index (χ4n) is 5.14. The van der Waals surface area contributed by atoms with Gasteiger partial charge in [-0.1, -0.05) is 6.42 Å². The van der Waals surface area contributed by atoms with Gasteiger partial charge in [-0.2, -0.15) is 18.2 Å². The highest BCUT2D eigenvalue weighted by Crippen LogP contribution is 2.38. The van der Waals surface area contributed by atoms with Crippen LogP contribution in [0.25, 0.3) is 0 Å². The minimum absolute atomic E-state index is 0.0450. The van der Waals surface area contributed by atoms with Gasteiger partial charge in [0.2, 0.25) is 11.8 Å². The standard InChI is InChI=1S/C25H33F3N6O4/c1-24(2,3)38-22(35)15-7-8-34-19(10-15)32-33-20(34)14-5-4-6-16(9-14)30-23-29-11-18(25(26,27)28)21(31-23)37-17-12-36-13-17/h11,14-17H,4-10,12-13H2,1-3H3,(H,29,30,31)/t14-,15-,16+/m0/s1. The van der Waals surface area contributed by atoms with Crippen molar-refractivity contribution in [1.82, 2.24) is 24.7 Å². The summed E-state index contributed by atoms with van der Waals surface area (Å²) < 4.78 is 58.4. The highest BCUT2D eigenvalue weighted by atomic mass is 19.4. The Morgan fingerprint density at radius 1 is 1.16 bits per heavy atom. The van der Waals surface area contributed by atoms with E-state index >= 15 is 0 Å². The molecule has 0 aromatic carbocycles. The van der Waals surface area contributed by atoms with E-state index in [9.17, 15) is 18.0 Å². The van der Waals surface area contributed by atoms with E-state index in [-0.39, 0.29) is 43.0 Å². The fraction of sp³-hybridized carbons (Fsp3) is 0.720. The van der Waals surface area contributed by atoms with E-state index in [1.165, 1.54) is 0 Å². The number of anilines is 1. The van der Waals surface area contributed by atoms with Crippen LogP contribution >= 0.6 is 0 Å². The summed E-state index contributed by atoms with van der Waals surface area (Å²) in [6.07, 6.45) is 0.223. The molecule has 0 amide bonds. The van der Waals surface area contributed by atoms with Gasteiger partial charge in [0, 0.05) is 31.1 Å². The molecule has 1 aliphatic carbocycles. The minimum atomic E-state index is -4.62. The maximum atomic E-state index is 13.4. The molecular formula is C25H33F3N6O4. The molecule has 208 valence electrons. The van der Waals surface area contributed by atoms with Gasteiger partial charge in [-0.25, -0.2) is 4.98 Å². The Balaban J connectivity index is 1.25. The molecule has 5 rings (SSSR count). The molecule has 0 spiro atoms. The first-order valence-electron chi connectivity index (χ1n) is 13.1. The van der Waals surface area contributed by atoms with Crippen LogP contribution in [0.2, 0.25) is 0 Å². The number of alkyl halides is 3. The number of hydrogen-bond donors (Lipinski definition) is 1. The Labute approximate surface area is 218 Å². The predicted octanol–water partition coefficient (Wildman–Crippen LogP) is 3.91.